The lowest BCUT2D eigenvalue weighted by Gasteiger charge is -2.32. The molecule has 1 aliphatic rings. The third-order valence-electron chi connectivity index (χ3n) is 4.23. The Hall–Kier alpha value is -2.07. The number of nitrogens with one attached hydrogen (secondary N) is 1. The molecule has 2 unspecified atom stereocenters. The van der Waals surface area contributed by atoms with E-state index in [1.807, 2.05) is 25.2 Å². The second kappa shape index (κ2) is 6.14. The van der Waals surface area contributed by atoms with Crippen LogP contribution in [0.5, 0.6) is 5.75 Å². The Morgan fingerprint density at radius 3 is 3.00 bits per heavy atom. The molecule has 21 heavy (non-hydrogen) atoms. The van der Waals surface area contributed by atoms with E-state index in [-0.39, 0.29) is 0 Å². The van der Waals surface area contributed by atoms with Gasteiger partial charge in [-0.3, -0.25) is 0 Å². The van der Waals surface area contributed by atoms with Crippen LogP contribution in [0.3, 0.4) is 0 Å². The van der Waals surface area contributed by atoms with Gasteiger partial charge in [0, 0.05) is 18.2 Å². The number of hydrogen-bond donors (Lipinski definition) is 2. The largest absolute Gasteiger partial charge is 0.493 e. The number of fused-ring (bicyclic) bond motifs is 1. The predicted molar refractivity (Wildman–Crippen MR) is 84.5 cm³/mol. The number of nitrogens with zero attached hydrogens (tertiary/aromatic N) is 1. The average Bonchev–Trinajstić information content (AvgIpc) is 2.54. The zero-order valence-electron chi connectivity index (χ0n) is 12.3. The van der Waals surface area contributed by atoms with Crippen molar-refractivity contribution in [3.8, 4) is 5.75 Å². The number of pyridine rings is 1. The van der Waals surface area contributed by atoms with Crippen LogP contribution in [0.25, 0.3) is 0 Å². The summed E-state index contributed by atoms with van der Waals surface area (Å²) < 4.78 is 5.76. The minimum atomic E-state index is 0.321. The van der Waals surface area contributed by atoms with Crippen molar-refractivity contribution in [1.82, 2.24) is 10.3 Å². The maximum absolute atomic E-state index is 5.98. The molecule has 2 atom stereocenters. The normalized spacial score (nSPS) is 18.6. The van der Waals surface area contributed by atoms with E-state index in [1.54, 1.807) is 6.20 Å². The fraction of sp³-hybridized carbons (Fsp3) is 0.353. The molecule has 0 amide bonds. The first kappa shape index (κ1) is 13.9. The monoisotopic (exact) mass is 283 g/mol. The molecule has 4 heteroatoms. The first-order valence-corrected chi connectivity index (χ1v) is 7.38. The fourth-order valence-corrected chi connectivity index (χ4v) is 3.09. The standard InChI is InChI=1S/C17H21N3O/c1-19-15(11-12-5-4-9-20-17(12)18)13-8-10-21-16-7-3-2-6-14(13)16/h2-7,9,13,15,19H,8,10-11H2,1H3,(H2,18,20). The molecule has 1 aromatic carbocycles. The molecule has 0 saturated heterocycles. The van der Waals surface area contributed by atoms with E-state index in [9.17, 15) is 0 Å². The van der Waals surface area contributed by atoms with Gasteiger partial charge in [0.2, 0.25) is 0 Å². The number of rotatable bonds is 4. The zero-order valence-corrected chi connectivity index (χ0v) is 12.3. The Morgan fingerprint density at radius 1 is 1.33 bits per heavy atom. The molecule has 2 heterocycles. The van der Waals surface area contributed by atoms with E-state index in [0.717, 1.165) is 30.8 Å². The molecule has 3 rings (SSSR count). The quantitative estimate of drug-likeness (QED) is 0.904. The third kappa shape index (κ3) is 2.85. The van der Waals surface area contributed by atoms with Crippen LogP contribution in [-0.4, -0.2) is 24.7 Å². The van der Waals surface area contributed by atoms with Gasteiger partial charge in [0.1, 0.15) is 11.6 Å². The molecule has 0 saturated carbocycles. The van der Waals surface area contributed by atoms with Crippen LogP contribution in [0.2, 0.25) is 0 Å². The van der Waals surface area contributed by atoms with Gasteiger partial charge in [0.05, 0.1) is 6.61 Å². The van der Waals surface area contributed by atoms with Crippen molar-refractivity contribution in [2.24, 2.45) is 0 Å². The Morgan fingerprint density at radius 2 is 2.19 bits per heavy atom. The zero-order chi connectivity index (χ0) is 14.7. The van der Waals surface area contributed by atoms with Crippen molar-refractivity contribution in [2.75, 3.05) is 19.4 Å². The van der Waals surface area contributed by atoms with E-state index in [2.05, 4.69) is 28.5 Å². The van der Waals surface area contributed by atoms with Gasteiger partial charge in [-0.05, 0) is 43.1 Å². The van der Waals surface area contributed by atoms with E-state index >= 15 is 0 Å². The Labute approximate surface area is 125 Å². The number of para-hydroxylation sites is 1. The molecular formula is C17H21N3O. The lowest BCUT2D eigenvalue weighted by atomic mass is 9.84. The van der Waals surface area contributed by atoms with Crippen LogP contribution in [-0.2, 0) is 6.42 Å². The van der Waals surface area contributed by atoms with Crippen molar-refractivity contribution >= 4 is 5.82 Å². The molecule has 4 nitrogen and oxygen atoms in total. The first-order chi connectivity index (χ1) is 10.3. The molecule has 0 aliphatic carbocycles. The number of nitrogens with two attached hydrogens (primary N) is 1. The average molecular weight is 283 g/mol. The van der Waals surface area contributed by atoms with Crippen molar-refractivity contribution in [2.45, 2.75) is 24.8 Å². The van der Waals surface area contributed by atoms with Gasteiger partial charge in [-0.1, -0.05) is 24.3 Å². The van der Waals surface area contributed by atoms with E-state index in [4.69, 9.17) is 10.5 Å². The second-order valence-corrected chi connectivity index (χ2v) is 5.43. The number of hydrogen-bond acceptors (Lipinski definition) is 4. The van der Waals surface area contributed by atoms with Crippen molar-refractivity contribution < 1.29 is 4.74 Å². The lowest BCUT2D eigenvalue weighted by molar-refractivity contribution is 0.247. The first-order valence-electron chi connectivity index (χ1n) is 7.38. The molecule has 1 aliphatic heterocycles. The highest BCUT2D eigenvalue weighted by molar-refractivity contribution is 5.42. The summed E-state index contributed by atoms with van der Waals surface area (Å²) in [5, 5.41) is 3.45. The fourth-order valence-electron chi connectivity index (χ4n) is 3.09. The second-order valence-electron chi connectivity index (χ2n) is 5.43. The topological polar surface area (TPSA) is 60.2 Å². The SMILES string of the molecule is CNC(Cc1cccnc1N)C1CCOc2ccccc21. The van der Waals surface area contributed by atoms with Gasteiger partial charge in [-0.15, -0.1) is 0 Å². The van der Waals surface area contributed by atoms with Crippen LogP contribution in [0, 0.1) is 0 Å². The predicted octanol–water partition coefficient (Wildman–Crippen LogP) is 2.36. The Balaban J connectivity index is 1.86. The summed E-state index contributed by atoms with van der Waals surface area (Å²) >= 11 is 0. The number of nitrogen functional groups attached to an aromatic ring is 1. The van der Waals surface area contributed by atoms with Gasteiger partial charge >= 0.3 is 0 Å². The Kier molecular flexibility index (Phi) is 4.06. The van der Waals surface area contributed by atoms with E-state index < -0.39 is 0 Å². The molecule has 0 fully saturated rings. The third-order valence-corrected chi connectivity index (χ3v) is 4.23. The minimum Gasteiger partial charge on any atom is -0.493 e. The van der Waals surface area contributed by atoms with Crippen molar-refractivity contribution in [3.05, 3.63) is 53.7 Å². The Bertz CT molecular complexity index is 614. The van der Waals surface area contributed by atoms with Crippen LogP contribution in [0.1, 0.15) is 23.5 Å². The van der Waals surface area contributed by atoms with Crippen molar-refractivity contribution in [1.29, 1.82) is 0 Å². The van der Waals surface area contributed by atoms with Crippen molar-refractivity contribution in [3.63, 3.8) is 0 Å². The minimum absolute atomic E-state index is 0.321. The number of ether oxygens (including phenoxy) is 1. The molecule has 1 aromatic heterocycles. The van der Waals surface area contributed by atoms with Crippen LogP contribution < -0.4 is 15.8 Å². The number of benzene rings is 1. The van der Waals surface area contributed by atoms with Crippen LogP contribution in [0.15, 0.2) is 42.6 Å². The van der Waals surface area contributed by atoms with Gasteiger partial charge in [0.25, 0.3) is 0 Å². The van der Waals surface area contributed by atoms with Gasteiger partial charge in [0.15, 0.2) is 0 Å². The summed E-state index contributed by atoms with van der Waals surface area (Å²) in [5.74, 6) is 2.06. The van der Waals surface area contributed by atoms with E-state index in [0.29, 0.717) is 17.8 Å². The number of aromatic nitrogens is 1. The molecule has 110 valence electrons. The van der Waals surface area contributed by atoms with Gasteiger partial charge in [-0.25, -0.2) is 4.98 Å². The van der Waals surface area contributed by atoms with Crippen LogP contribution >= 0.6 is 0 Å². The van der Waals surface area contributed by atoms with Gasteiger partial charge < -0.3 is 15.8 Å². The number of likely N-dealkylation sites (N-methyl/N-ethyl adjacent to an activating group) is 1. The lowest BCUT2D eigenvalue weighted by Crippen LogP contribution is -2.37. The number of anilines is 1. The summed E-state index contributed by atoms with van der Waals surface area (Å²) in [6, 6.07) is 12.6. The summed E-state index contributed by atoms with van der Waals surface area (Å²) in [6.07, 6.45) is 3.62. The molecule has 0 bridgehead atoms. The highest BCUT2D eigenvalue weighted by Gasteiger charge is 2.28. The van der Waals surface area contributed by atoms with Gasteiger partial charge in [-0.2, -0.15) is 0 Å². The summed E-state index contributed by atoms with van der Waals surface area (Å²) in [6.45, 7) is 0.766. The molecule has 3 N–H and O–H groups in total. The molecule has 2 aromatic rings. The highest BCUT2D eigenvalue weighted by Crippen LogP contribution is 2.36. The highest BCUT2D eigenvalue weighted by atomic mass is 16.5. The smallest absolute Gasteiger partial charge is 0.126 e. The molecule has 0 spiro atoms. The summed E-state index contributed by atoms with van der Waals surface area (Å²) in [5.41, 5.74) is 8.37. The molecule has 0 radical (unpaired) electrons. The summed E-state index contributed by atoms with van der Waals surface area (Å²) in [4.78, 5) is 4.18. The molecular weight excluding hydrogens is 262 g/mol. The summed E-state index contributed by atoms with van der Waals surface area (Å²) in [7, 11) is 2.01. The van der Waals surface area contributed by atoms with Crippen LogP contribution in [0.4, 0.5) is 5.82 Å². The maximum Gasteiger partial charge on any atom is 0.126 e. The van der Waals surface area contributed by atoms with E-state index in [1.165, 1.54) is 5.56 Å². The maximum atomic E-state index is 5.98.